The smallest absolute Gasteiger partial charge is 0.316 e. The van der Waals surface area contributed by atoms with Gasteiger partial charge < -0.3 is 14.5 Å². The van der Waals surface area contributed by atoms with Gasteiger partial charge in [-0.1, -0.05) is 77.6 Å². The largest absolute Gasteiger partial charge is 0.472 e. The molecule has 28 heavy (non-hydrogen) atoms. The van der Waals surface area contributed by atoms with Crippen LogP contribution >= 0.6 is 7.82 Å². The van der Waals surface area contributed by atoms with E-state index >= 15 is 0 Å². The van der Waals surface area contributed by atoms with Crippen molar-refractivity contribution in [3.05, 3.63) is 0 Å². The first-order valence-corrected chi connectivity index (χ1v) is 11.2. The number of unbranched alkanes of at least 4 members (excludes halogenated alkanes) is 11. The maximum absolute atomic E-state index is 13.7. The van der Waals surface area contributed by atoms with Gasteiger partial charge in [0.2, 0.25) is 0 Å². The molecule has 0 aliphatic heterocycles. The first-order valence-electron chi connectivity index (χ1n) is 9.71. The number of ether oxygens (including phenoxy) is 1. The van der Waals surface area contributed by atoms with E-state index in [0.717, 1.165) is 32.1 Å². The first-order chi connectivity index (χ1) is 13.0. The van der Waals surface area contributed by atoms with Gasteiger partial charge in [0.15, 0.2) is 0 Å². The van der Waals surface area contributed by atoms with Crippen molar-refractivity contribution in [2.45, 2.75) is 102 Å². The molecule has 0 rings (SSSR count). The monoisotopic (exact) mass is 442 g/mol. The van der Waals surface area contributed by atoms with Crippen LogP contribution in [0.5, 0.6) is 0 Å². The lowest BCUT2D eigenvalue weighted by Crippen LogP contribution is -2.53. The molecule has 0 aromatic rings. The van der Waals surface area contributed by atoms with Gasteiger partial charge in [-0.2, -0.15) is 13.2 Å². The number of alkyl halides is 5. The first kappa shape index (κ1) is 27.7. The van der Waals surface area contributed by atoms with E-state index in [0.29, 0.717) is 6.42 Å². The SMILES string of the molecule is CCCCCCCCCCCCCCOC(F)(F)C(F)(OP(=O)(O)O)C(F)F. The van der Waals surface area contributed by atoms with Crippen LogP contribution in [0.25, 0.3) is 0 Å². The van der Waals surface area contributed by atoms with Crippen LogP contribution in [0.1, 0.15) is 84.0 Å². The third-order valence-corrected chi connectivity index (χ3v) is 4.71. The molecular weight excluding hydrogens is 410 g/mol. The minimum Gasteiger partial charge on any atom is -0.316 e. The highest BCUT2D eigenvalue weighted by Gasteiger charge is 2.67. The summed E-state index contributed by atoms with van der Waals surface area (Å²) in [7, 11) is -5.92. The van der Waals surface area contributed by atoms with Crippen molar-refractivity contribution in [3.63, 3.8) is 0 Å². The maximum atomic E-state index is 13.7. The summed E-state index contributed by atoms with van der Waals surface area (Å²) in [6, 6.07) is 0. The summed E-state index contributed by atoms with van der Waals surface area (Å²) in [4.78, 5) is 16.8. The standard InChI is InChI=1S/C17H32F5O5P/c1-2-3-4-5-6-7-8-9-10-11-12-13-14-26-17(21,22)16(20,15(18)19)27-28(23,24)25/h15H,2-14H2,1H3,(H2,23,24,25). The fraction of sp³-hybridized carbons (Fsp3) is 1.00. The molecule has 0 aliphatic carbocycles. The summed E-state index contributed by atoms with van der Waals surface area (Å²) in [5.41, 5.74) is 0. The molecule has 1 atom stereocenters. The van der Waals surface area contributed by atoms with Crippen LogP contribution in [0.4, 0.5) is 22.0 Å². The lowest BCUT2D eigenvalue weighted by molar-refractivity contribution is -0.391. The van der Waals surface area contributed by atoms with Crippen molar-refractivity contribution in [1.82, 2.24) is 0 Å². The summed E-state index contributed by atoms with van der Waals surface area (Å²) in [5.74, 6) is -5.23. The normalized spacial score (nSPS) is 15.2. The Kier molecular flexibility index (Phi) is 13.7. The van der Waals surface area contributed by atoms with Gasteiger partial charge in [-0.15, -0.1) is 0 Å². The number of rotatable bonds is 18. The highest BCUT2D eigenvalue weighted by molar-refractivity contribution is 7.46. The fourth-order valence-corrected chi connectivity index (χ4v) is 3.17. The summed E-state index contributed by atoms with van der Waals surface area (Å²) >= 11 is 0. The molecule has 0 aliphatic rings. The van der Waals surface area contributed by atoms with Crippen molar-refractivity contribution in [3.8, 4) is 0 Å². The molecule has 0 heterocycles. The summed E-state index contributed by atoms with van der Waals surface area (Å²) in [6.45, 7) is 1.42. The van der Waals surface area contributed by atoms with E-state index < -0.39 is 32.8 Å². The van der Waals surface area contributed by atoms with E-state index in [1.54, 1.807) is 0 Å². The van der Waals surface area contributed by atoms with Gasteiger partial charge in [0, 0.05) is 0 Å². The second kappa shape index (κ2) is 13.9. The van der Waals surface area contributed by atoms with Crippen molar-refractivity contribution in [2.24, 2.45) is 0 Å². The van der Waals surface area contributed by atoms with Gasteiger partial charge in [-0.25, -0.2) is 17.9 Å². The van der Waals surface area contributed by atoms with Gasteiger partial charge >= 0.3 is 26.2 Å². The second-order valence-corrected chi connectivity index (χ2v) is 7.95. The van der Waals surface area contributed by atoms with Crippen LogP contribution in [0.15, 0.2) is 0 Å². The van der Waals surface area contributed by atoms with Crippen LogP contribution in [0, 0.1) is 0 Å². The van der Waals surface area contributed by atoms with E-state index in [1.807, 2.05) is 0 Å². The molecule has 0 saturated heterocycles. The van der Waals surface area contributed by atoms with E-state index in [-0.39, 0.29) is 6.42 Å². The average molecular weight is 442 g/mol. The van der Waals surface area contributed by atoms with Gasteiger partial charge in [0.1, 0.15) is 0 Å². The second-order valence-electron chi connectivity index (χ2n) is 6.78. The lowest BCUT2D eigenvalue weighted by atomic mass is 10.1. The molecular formula is C17H32F5O5P. The minimum absolute atomic E-state index is 0.0713. The Hall–Kier alpha value is -0.280. The molecule has 0 aromatic heterocycles. The van der Waals surface area contributed by atoms with Gasteiger partial charge in [-0.3, -0.25) is 0 Å². The highest BCUT2D eigenvalue weighted by Crippen LogP contribution is 2.50. The molecule has 0 saturated carbocycles. The van der Waals surface area contributed by atoms with Crippen molar-refractivity contribution < 1.29 is 45.6 Å². The molecule has 1 unspecified atom stereocenters. The predicted octanol–water partition coefficient (Wildman–Crippen LogP) is 6.34. The lowest BCUT2D eigenvalue weighted by Gasteiger charge is -2.31. The average Bonchev–Trinajstić information content (AvgIpc) is 2.57. The van der Waals surface area contributed by atoms with E-state index in [4.69, 9.17) is 9.79 Å². The summed E-state index contributed by atoms with van der Waals surface area (Å²) in [6.07, 6.45) is 1.90. The zero-order chi connectivity index (χ0) is 21.7. The Morgan fingerprint density at radius 2 is 1.21 bits per heavy atom. The number of hydrogen-bond acceptors (Lipinski definition) is 3. The number of halogens is 5. The molecule has 0 radical (unpaired) electrons. The zero-order valence-electron chi connectivity index (χ0n) is 16.2. The van der Waals surface area contributed by atoms with Crippen LogP contribution in [-0.4, -0.2) is 34.8 Å². The van der Waals surface area contributed by atoms with Gasteiger partial charge in [-0.05, 0) is 6.42 Å². The molecule has 5 nitrogen and oxygen atoms in total. The third-order valence-electron chi connectivity index (χ3n) is 4.21. The third kappa shape index (κ3) is 11.7. The molecule has 0 fully saturated rings. The van der Waals surface area contributed by atoms with Crippen molar-refractivity contribution >= 4 is 7.82 Å². The van der Waals surface area contributed by atoms with Gasteiger partial charge in [0.05, 0.1) is 6.61 Å². The molecule has 2 N–H and O–H groups in total. The van der Waals surface area contributed by atoms with E-state index in [9.17, 15) is 26.5 Å². The van der Waals surface area contributed by atoms with E-state index in [2.05, 4.69) is 16.2 Å². The fourth-order valence-electron chi connectivity index (χ4n) is 2.63. The Labute approximate surface area is 163 Å². The van der Waals surface area contributed by atoms with Crippen molar-refractivity contribution in [2.75, 3.05) is 6.61 Å². The van der Waals surface area contributed by atoms with Crippen LogP contribution in [0.2, 0.25) is 0 Å². The summed E-state index contributed by atoms with van der Waals surface area (Å²) < 4.78 is 83.2. The number of phosphoric ester groups is 1. The van der Waals surface area contributed by atoms with Crippen LogP contribution in [-0.2, 0) is 13.8 Å². The van der Waals surface area contributed by atoms with E-state index in [1.165, 1.54) is 32.1 Å². The highest BCUT2D eigenvalue weighted by atomic mass is 31.2. The number of hydrogen-bond donors (Lipinski definition) is 2. The predicted molar refractivity (Wildman–Crippen MR) is 94.9 cm³/mol. The summed E-state index contributed by atoms with van der Waals surface area (Å²) in [5, 5.41) is 0. The maximum Gasteiger partial charge on any atom is 0.472 e. The molecule has 0 aromatic carbocycles. The topological polar surface area (TPSA) is 76.0 Å². The Morgan fingerprint density at radius 1 is 0.821 bits per heavy atom. The minimum atomic E-state index is -5.92. The van der Waals surface area contributed by atoms with Crippen LogP contribution < -0.4 is 0 Å². The number of phosphoric acid groups is 1. The van der Waals surface area contributed by atoms with Crippen LogP contribution in [0.3, 0.4) is 0 Å². The van der Waals surface area contributed by atoms with Gasteiger partial charge in [0.25, 0.3) is 0 Å². The Bertz CT molecular complexity index is 450. The Balaban J connectivity index is 3.95. The molecule has 11 heteroatoms. The van der Waals surface area contributed by atoms with Crippen molar-refractivity contribution in [1.29, 1.82) is 0 Å². The molecule has 0 amide bonds. The molecule has 0 spiro atoms. The Morgan fingerprint density at radius 3 is 1.57 bits per heavy atom. The quantitative estimate of drug-likeness (QED) is 0.147. The molecule has 170 valence electrons. The zero-order valence-corrected chi connectivity index (χ0v) is 17.1. The molecule has 0 bridgehead atoms.